The van der Waals surface area contributed by atoms with Crippen molar-refractivity contribution in [3.05, 3.63) is 0 Å². The third kappa shape index (κ3) is 2.67. The maximum absolute atomic E-state index is 12.1. The molecule has 2 aliphatic rings. The molecule has 0 aromatic rings. The quantitative estimate of drug-likeness (QED) is 0.825. The summed E-state index contributed by atoms with van der Waals surface area (Å²) < 4.78 is 0. The number of nitrogens with zero attached hydrogens (tertiary/aromatic N) is 2. The van der Waals surface area contributed by atoms with Crippen LogP contribution in [0.1, 0.15) is 39.5 Å². The lowest BCUT2D eigenvalue weighted by Crippen LogP contribution is -2.48. The Hall–Kier alpha value is -1.08. The van der Waals surface area contributed by atoms with Gasteiger partial charge in [-0.05, 0) is 31.7 Å². The maximum atomic E-state index is 12.1. The average molecular weight is 249 g/mol. The molecule has 0 aliphatic carbocycles. The SMILES string of the molecule is CC(C)C(C#N)C(=O)NC1CCN2CCCCC12. The molecular weight excluding hydrogens is 226 g/mol. The van der Waals surface area contributed by atoms with E-state index in [9.17, 15) is 4.79 Å². The number of piperidine rings is 1. The van der Waals surface area contributed by atoms with E-state index in [1.165, 1.54) is 25.8 Å². The van der Waals surface area contributed by atoms with Crippen LogP contribution in [0.4, 0.5) is 0 Å². The van der Waals surface area contributed by atoms with E-state index >= 15 is 0 Å². The summed E-state index contributed by atoms with van der Waals surface area (Å²) in [6.07, 6.45) is 4.76. The van der Waals surface area contributed by atoms with Crippen LogP contribution in [0.2, 0.25) is 0 Å². The molecule has 4 heteroatoms. The molecule has 18 heavy (non-hydrogen) atoms. The highest BCUT2D eigenvalue weighted by Gasteiger charge is 2.37. The molecule has 1 N–H and O–H groups in total. The predicted molar refractivity (Wildman–Crippen MR) is 69.7 cm³/mol. The summed E-state index contributed by atoms with van der Waals surface area (Å²) in [4.78, 5) is 14.6. The van der Waals surface area contributed by atoms with Gasteiger partial charge in [-0.1, -0.05) is 20.3 Å². The molecule has 0 saturated carbocycles. The van der Waals surface area contributed by atoms with Gasteiger partial charge in [0, 0.05) is 18.6 Å². The first-order valence-electron chi connectivity index (χ1n) is 7.07. The standard InChI is InChI=1S/C14H23N3O/c1-10(2)11(9-15)14(18)16-12-6-8-17-7-4-3-5-13(12)17/h10-13H,3-8H2,1-2H3,(H,16,18). The van der Waals surface area contributed by atoms with Crippen LogP contribution in [0.3, 0.4) is 0 Å². The van der Waals surface area contributed by atoms with E-state index in [1.54, 1.807) is 0 Å². The average Bonchev–Trinajstić information content (AvgIpc) is 2.73. The summed E-state index contributed by atoms with van der Waals surface area (Å²) in [6, 6.07) is 2.89. The highest BCUT2D eigenvalue weighted by atomic mass is 16.2. The molecule has 100 valence electrons. The van der Waals surface area contributed by atoms with Gasteiger partial charge in [-0.2, -0.15) is 5.26 Å². The molecule has 0 aromatic heterocycles. The van der Waals surface area contributed by atoms with Crippen LogP contribution in [-0.4, -0.2) is 36.0 Å². The van der Waals surface area contributed by atoms with Crippen molar-refractivity contribution in [1.82, 2.24) is 10.2 Å². The Kier molecular flexibility index (Phi) is 4.23. The first-order valence-corrected chi connectivity index (χ1v) is 7.07. The molecule has 2 heterocycles. The van der Waals surface area contributed by atoms with Gasteiger partial charge in [-0.15, -0.1) is 0 Å². The minimum atomic E-state index is -0.511. The maximum Gasteiger partial charge on any atom is 0.237 e. The van der Waals surface area contributed by atoms with Crippen molar-refractivity contribution < 1.29 is 4.79 Å². The Morgan fingerprint density at radius 3 is 2.78 bits per heavy atom. The lowest BCUT2D eigenvalue weighted by Gasteiger charge is -2.33. The molecule has 0 bridgehead atoms. The molecule has 0 spiro atoms. The molecule has 3 atom stereocenters. The fourth-order valence-electron chi connectivity index (χ4n) is 3.20. The lowest BCUT2D eigenvalue weighted by molar-refractivity contribution is -0.125. The number of amides is 1. The van der Waals surface area contributed by atoms with Gasteiger partial charge in [0.25, 0.3) is 0 Å². The second-order valence-corrected chi connectivity index (χ2v) is 5.85. The van der Waals surface area contributed by atoms with Crippen molar-refractivity contribution in [2.45, 2.75) is 51.6 Å². The van der Waals surface area contributed by atoms with Crippen molar-refractivity contribution in [2.75, 3.05) is 13.1 Å². The number of nitriles is 1. The Bertz CT molecular complexity index is 347. The first kappa shape index (κ1) is 13.4. The highest BCUT2D eigenvalue weighted by molar-refractivity contribution is 5.81. The van der Waals surface area contributed by atoms with E-state index in [0.29, 0.717) is 6.04 Å². The van der Waals surface area contributed by atoms with Gasteiger partial charge in [-0.25, -0.2) is 0 Å². The van der Waals surface area contributed by atoms with Crippen LogP contribution in [0.5, 0.6) is 0 Å². The van der Waals surface area contributed by atoms with Crippen LogP contribution in [0, 0.1) is 23.2 Å². The Morgan fingerprint density at radius 1 is 1.33 bits per heavy atom. The molecule has 2 aliphatic heterocycles. The summed E-state index contributed by atoms with van der Waals surface area (Å²) in [6.45, 7) is 6.11. The second-order valence-electron chi connectivity index (χ2n) is 5.85. The fourth-order valence-corrected chi connectivity index (χ4v) is 3.20. The summed E-state index contributed by atoms with van der Waals surface area (Å²) in [5.41, 5.74) is 0. The van der Waals surface area contributed by atoms with Crippen molar-refractivity contribution in [3.8, 4) is 6.07 Å². The molecule has 0 aromatic carbocycles. The van der Waals surface area contributed by atoms with Crippen molar-refractivity contribution in [3.63, 3.8) is 0 Å². The molecule has 2 fully saturated rings. The molecule has 1 amide bonds. The number of carbonyl (C=O) groups is 1. The molecular formula is C14H23N3O. The van der Waals surface area contributed by atoms with Crippen molar-refractivity contribution in [1.29, 1.82) is 5.26 Å². The van der Waals surface area contributed by atoms with Crippen LogP contribution in [0.15, 0.2) is 0 Å². The summed E-state index contributed by atoms with van der Waals surface area (Å²) in [7, 11) is 0. The summed E-state index contributed by atoms with van der Waals surface area (Å²) in [5.74, 6) is -0.508. The van der Waals surface area contributed by atoms with Gasteiger partial charge in [0.05, 0.1) is 6.07 Å². The summed E-state index contributed by atoms with van der Waals surface area (Å²) in [5, 5.41) is 12.2. The van der Waals surface area contributed by atoms with Crippen LogP contribution in [0.25, 0.3) is 0 Å². The molecule has 0 radical (unpaired) electrons. The molecule has 2 saturated heterocycles. The largest absolute Gasteiger partial charge is 0.351 e. The number of nitrogens with one attached hydrogen (secondary N) is 1. The predicted octanol–water partition coefficient (Wildman–Crippen LogP) is 1.53. The Morgan fingerprint density at radius 2 is 2.11 bits per heavy atom. The second kappa shape index (κ2) is 5.71. The molecule has 3 unspecified atom stereocenters. The number of carbonyl (C=O) groups excluding carboxylic acids is 1. The number of hydrogen-bond acceptors (Lipinski definition) is 3. The van der Waals surface area contributed by atoms with Gasteiger partial charge >= 0.3 is 0 Å². The van der Waals surface area contributed by atoms with Crippen LogP contribution < -0.4 is 5.32 Å². The van der Waals surface area contributed by atoms with E-state index in [0.717, 1.165) is 13.0 Å². The van der Waals surface area contributed by atoms with E-state index in [4.69, 9.17) is 5.26 Å². The Labute approximate surface area is 109 Å². The van der Waals surface area contributed by atoms with Crippen molar-refractivity contribution in [2.24, 2.45) is 11.8 Å². The van der Waals surface area contributed by atoms with Crippen molar-refractivity contribution >= 4 is 5.91 Å². The lowest BCUT2D eigenvalue weighted by atomic mass is 9.94. The zero-order valence-corrected chi connectivity index (χ0v) is 11.4. The Balaban J connectivity index is 1.93. The number of rotatable bonds is 3. The van der Waals surface area contributed by atoms with E-state index < -0.39 is 5.92 Å². The van der Waals surface area contributed by atoms with Gasteiger partial charge in [0.15, 0.2) is 0 Å². The molecule has 2 rings (SSSR count). The fraction of sp³-hybridized carbons (Fsp3) is 0.857. The minimum absolute atomic E-state index is 0.0788. The summed E-state index contributed by atoms with van der Waals surface area (Å²) >= 11 is 0. The zero-order chi connectivity index (χ0) is 13.1. The third-order valence-electron chi connectivity index (χ3n) is 4.27. The topological polar surface area (TPSA) is 56.1 Å². The van der Waals surface area contributed by atoms with Gasteiger partial charge in [0.2, 0.25) is 5.91 Å². The monoisotopic (exact) mass is 249 g/mol. The number of fused-ring (bicyclic) bond motifs is 1. The third-order valence-corrected chi connectivity index (χ3v) is 4.27. The van der Waals surface area contributed by atoms with Gasteiger partial charge < -0.3 is 5.32 Å². The zero-order valence-electron chi connectivity index (χ0n) is 11.4. The number of hydrogen-bond donors (Lipinski definition) is 1. The first-order chi connectivity index (χ1) is 8.63. The van der Waals surface area contributed by atoms with Crippen LogP contribution in [-0.2, 0) is 4.79 Å². The van der Waals surface area contributed by atoms with E-state index in [-0.39, 0.29) is 17.9 Å². The van der Waals surface area contributed by atoms with Crippen LogP contribution >= 0.6 is 0 Å². The minimum Gasteiger partial charge on any atom is -0.351 e. The van der Waals surface area contributed by atoms with Gasteiger partial charge in [-0.3, -0.25) is 9.69 Å². The van der Waals surface area contributed by atoms with E-state index in [1.807, 2.05) is 13.8 Å². The normalized spacial score (nSPS) is 29.7. The van der Waals surface area contributed by atoms with Gasteiger partial charge in [0.1, 0.15) is 5.92 Å². The smallest absolute Gasteiger partial charge is 0.237 e. The highest BCUT2D eigenvalue weighted by Crippen LogP contribution is 2.27. The molecule has 4 nitrogen and oxygen atoms in total. The van der Waals surface area contributed by atoms with E-state index in [2.05, 4.69) is 16.3 Å².